The summed E-state index contributed by atoms with van der Waals surface area (Å²) >= 11 is 6.19. The van der Waals surface area contributed by atoms with Gasteiger partial charge in [0.15, 0.2) is 0 Å². The maximum atomic E-state index is 13.0. The molecule has 28 heavy (non-hydrogen) atoms. The van der Waals surface area contributed by atoms with Gasteiger partial charge in [0, 0.05) is 25.2 Å². The Morgan fingerprint density at radius 1 is 1.21 bits per heavy atom. The van der Waals surface area contributed by atoms with Crippen molar-refractivity contribution in [1.82, 2.24) is 9.62 Å². The molecule has 1 aliphatic heterocycles. The van der Waals surface area contributed by atoms with Gasteiger partial charge in [0.2, 0.25) is 10.0 Å². The topological polar surface area (TPSA) is 66.5 Å². The zero-order chi connectivity index (χ0) is 20.1. The molecule has 0 saturated carbocycles. The summed E-state index contributed by atoms with van der Waals surface area (Å²) in [6.07, 6.45) is 2.55. The van der Waals surface area contributed by atoms with Crippen molar-refractivity contribution < 1.29 is 13.2 Å². The van der Waals surface area contributed by atoms with Crippen molar-refractivity contribution in [2.24, 2.45) is 5.92 Å². The number of amides is 1. The third kappa shape index (κ3) is 4.93. The molecule has 150 valence electrons. The van der Waals surface area contributed by atoms with Gasteiger partial charge in [0.25, 0.3) is 5.91 Å². The van der Waals surface area contributed by atoms with E-state index in [0.29, 0.717) is 37.5 Å². The predicted molar refractivity (Wildman–Crippen MR) is 111 cm³/mol. The van der Waals surface area contributed by atoms with E-state index in [4.69, 9.17) is 11.6 Å². The number of piperidine rings is 1. The normalized spacial score (nSPS) is 18.0. The number of hydrogen-bond donors (Lipinski definition) is 1. The summed E-state index contributed by atoms with van der Waals surface area (Å²) in [5.41, 5.74) is 1.42. The van der Waals surface area contributed by atoms with Crippen LogP contribution in [0, 0.1) is 5.92 Å². The van der Waals surface area contributed by atoms with Crippen molar-refractivity contribution in [3.63, 3.8) is 0 Å². The van der Waals surface area contributed by atoms with Crippen molar-refractivity contribution in [3.05, 3.63) is 64.7 Å². The molecule has 2 aromatic rings. The summed E-state index contributed by atoms with van der Waals surface area (Å²) in [7, 11) is -3.72. The second-order valence-corrected chi connectivity index (χ2v) is 9.56. The van der Waals surface area contributed by atoms with E-state index >= 15 is 0 Å². The van der Waals surface area contributed by atoms with Gasteiger partial charge in [-0.2, -0.15) is 4.31 Å². The minimum absolute atomic E-state index is 0.000948. The van der Waals surface area contributed by atoms with Gasteiger partial charge in [-0.05, 0) is 48.9 Å². The van der Waals surface area contributed by atoms with Crippen molar-refractivity contribution >= 4 is 27.5 Å². The summed E-state index contributed by atoms with van der Waals surface area (Å²) in [5, 5.41) is 2.98. The lowest BCUT2D eigenvalue weighted by Gasteiger charge is -2.30. The smallest absolute Gasteiger partial charge is 0.251 e. The zero-order valence-electron chi connectivity index (χ0n) is 15.9. The van der Waals surface area contributed by atoms with Crippen molar-refractivity contribution in [2.75, 3.05) is 19.6 Å². The summed E-state index contributed by atoms with van der Waals surface area (Å²) in [6.45, 7) is 3.47. The molecule has 1 amide bonds. The average molecular weight is 421 g/mol. The van der Waals surface area contributed by atoms with E-state index < -0.39 is 10.0 Å². The molecule has 0 aromatic heterocycles. The zero-order valence-corrected chi connectivity index (χ0v) is 17.5. The molecule has 1 fully saturated rings. The molecule has 2 aromatic carbocycles. The van der Waals surface area contributed by atoms with Gasteiger partial charge in [-0.25, -0.2) is 8.42 Å². The summed E-state index contributed by atoms with van der Waals surface area (Å²) < 4.78 is 27.5. The number of carbonyl (C=O) groups excluding carboxylic acids is 1. The maximum Gasteiger partial charge on any atom is 0.251 e. The van der Waals surface area contributed by atoms with Crippen LogP contribution in [0.25, 0.3) is 0 Å². The largest absolute Gasteiger partial charge is 0.352 e. The number of rotatable bonds is 6. The monoisotopic (exact) mass is 420 g/mol. The number of hydrogen-bond acceptors (Lipinski definition) is 3. The Labute approximate surface area is 171 Å². The van der Waals surface area contributed by atoms with E-state index in [-0.39, 0.29) is 15.8 Å². The first-order chi connectivity index (χ1) is 13.4. The molecule has 1 unspecified atom stereocenters. The van der Waals surface area contributed by atoms with Crippen LogP contribution in [0.15, 0.2) is 53.4 Å². The third-order valence-electron chi connectivity index (χ3n) is 4.97. The average Bonchev–Trinajstić information content (AvgIpc) is 2.69. The second-order valence-electron chi connectivity index (χ2n) is 7.25. The maximum absolute atomic E-state index is 13.0. The molecule has 3 rings (SSSR count). The van der Waals surface area contributed by atoms with E-state index in [1.807, 2.05) is 37.3 Å². The molecule has 5 nitrogen and oxygen atoms in total. The van der Waals surface area contributed by atoms with Gasteiger partial charge in [-0.1, -0.05) is 48.9 Å². The van der Waals surface area contributed by atoms with Crippen molar-refractivity contribution in [3.8, 4) is 0 Å². The minimum atomic E-state index is -3.72. The molecule has 1 atom stereocenters. The molecule has 1 aliphatic rings. The predicted octanol–water partition coefficient (Wildman–Crippen LogP) is 3.73. The number of halogens is 1. The van der Waals surface area contributed by atoms with Gasteiger partial charge in [-0.15, -0.1) is 0 Å². The Morgan fingerprint density at radius 3 is 2.68 bits per heavy atom. The lowest BCUT2D eigenvalue weighted by atomic mass is 10.0. The van der Waals surface area contributed by atoms with Crippen LogP contribution in [-0.4, -0.2) is 38.3 Å². The third-order valence-corrected chi connectivity index (χ3v) is 7.32. The first-order valence-electron chi connectivity index (χ1n) is 9.50. The molecule has 0 radical (unpaired) electrons. The van der Waals surface area contributed by atoms with Crippen LogP contribution in [-0.2, 0) is 16.4 Å². The highest BCUT2D eigenvalue weighted by molar-refractivity contribution is 7.89. The quantitative estimate of drug-likeness (QED) is 0.774. The molecular formula is C21H25ClN2O3S. The van der Waals surface area contributed by atoms with Gasteiger partial charge >= 0.3 is 0 Å². The SMILES string of the molecule is CC1CCCN(S(=O)(=O)c2cc(C(=O)NCCc3ccccc3)ccc2Cl)C1. The van der Waals surface area contributed by atoms with E-state index in [9.17, 15) is 13.2 Å². The van der Waals surface area contributed by atoms with Crippen LogP contribution in [0.2, 0.25) is 5.02 Å². The number of carbonyl (C=O) groups is 1. The first kappa shape index (κ1) is 20.8. The summed E-state index contributed by atoms with van der Waals surface area (Å²) in [5.74, 6) is 0.00262. The van der Waals surface area contributed by atoms with Crippen LogP contribution in [0.1, 0.15) is 35.7 Å². The minimum Gasteiger partial charge on any atom is -0.352 e. The Balaban J connectivity index is 1.72. The van der Waals surface area contributed by atoms with E-state index in [1.54, 1.807) is 6.07 Å². The molecule has 0 bridgehead atoms. The number of benzene rings is 2. The molecule has 7 heteroatoms. The fourth-order valence-electron chi connectivity index (χ4n) is 3.41. The molecule has 1 N–H and O–H groups in total. The number of sulfonamides is 1. The molecule has 0 aliphatic carbocycles. The van der Waals surface area contributed by atoms with Crippen LogP contribution in [0.5, 0.6) is 0 Å². The van der Waals surface area contributed by atoms with Gasteiger partial charge in [0.05, 0.1) is 5.02 Å². The molecule has 0 spiro atoms. The first-order valence-corrected chi connectivity index (χ1v) is 11.3. The second kappa shape index (κ2) is 9.07. The Kier molecular flexibility index (Phi) is 6.75. The van der Waals surface area contributed by atoms with Crippen molar-refractivity contribution in [1.29, 1.82) is 0 Å². The molecular weight excluding hydrogens is 396 g/mol. The number of nitrogens with zero attached hydrogens (tertiary/aromatic N) is 1. The summed E-state index contributed by atoms with van der Waals surface area (Å²) in [6, 6.07) is 14.3. The van der Waals surface area contributed by atoms with Gasteiger partial charge < -0.3 is 5.32 Å². The Morgan fingerprint density at radius 2 is 1.96 bits per heavy atom. The van der Waals surface area contributed by atoms with Crippen LogP contribution in [0.4, 0.5) is 0 Å². The Bertz CT molecular complexity index is 932. The van der Waals surface area contributed by atoms with Crippen LogP contribution < -0.4 is 5.32 Å². The van der Waals surface area contributed by atoms with Crippen LogP contribution in [0.3, 0.4) is 0 Å². The van der Waals surface area contributed by atoms with Gasteiger partial charge in [-0.3, -0.25) is 4.79 Å². The molecule has 1 saturated heterocycles. The standard InChI is InChI=1S/C21H25ClN2O3S/c1-16-6-5-13-24(15-16)28(26,27)20-14-18(9-10-19(20)22)21(25)23-12-11-17-7-3-2-4-8-17/h2-4,7-10,14,16H,5-6,11-13,15H2,1H3,(H,23,25). The van der Waals surface area contributed by atoms with E-state index in [1.165, 1.54) is 16.4 Å². The molecule has 1 heterocycles. The van der Waals surface area contributed by atoms with E-state index in [2.05, 4.69) is 5.32 Å². The fraction of sp³-hybridized carbons (Fsp3) is 0.381. The highest BCUT2D eigenvalue weighted by Gasteiger charge is 2.30. The van der Waals surface area contributed by atoms with E-state index in [0.717, 1.165) is 18.4 Å². The fourth-order valence-corrected chi connectivity index (χ4v) is 5.51. The van der Waals surface area contributed by atoms with Gasteiger partial charge in [0.1, 0.15) is 4.90 Å². The Hall–Kier alpha value is -1.89. The lowest BCUT2D eigenvalue weighted by Crippen LogP contribution is -2.39. The summed E-state index contributed by atoms with van der Waals surface area (Å²) in [4.78, 5) is 12.5. The number of nitrogens with one attached hydrogen (secondary N) is 1. The van der Waals surface area contributed by atoms with Crippen LogP contribution >= 0.6 is 11.6 Å². The lowest BCUT2D eigenvalue weighted by molar-refractivity contribution is 0.0954. The highest BCUT2D eigenvalue weighted by atomic mass is 35.5. The van der Waals surface area contributed by atoms with Crippen molar-refractivity contribution in [2.45, 2.75) is 31.1 Å². The highest BCUT2D eigenvalue weighted by Crippen LogP contribution is 2.29.